The van der Waals surface area contributed by atoms with E-state index in [0.717, 1.165) is 11.1 Å². The van der Waals surface area contributed by atoms with Crippen LogP contribution >= 0.6 is 11.6 Å². The Morgan fingerprint density at radius 1 is 1.04 bits per heavy atom. The number of ether oxygens (including phenoxy) is 2. The first kappa shape index (κ1) is 14.8. The lowest BCUT2D eigenvalue weighted by Crippen LogP contribution is -2.23. The first-order valence-corrected chi connectivity index (χ1v) is 7.80. The average Bonchev–Trinajstić information content (AvgIpc) is 3.06. The van der Waals surface area contributed by atoms with Gasteiger partial charge in [-0.2, -0.15) is 5.10 Å². The van der Waals surface area contributed by atoms with Gasteiger partial charge in [0.1, 0.15) is 0 Å². The molecule has 0 amide bonds. The lowest BCUT2D eigenvalue weighted by atomic mass is 10.1. The van der Waals surface area contributed by atoms with Gasteiger partial charge in [0.05, 0.1) is 12.2 Å². The van der Waals surface area contributed by atoms with Crippen LogP contribution < -0.4 is 15.0 Å². The average molecular weight is 341 g/mol. The summed E-state index contributed by atoms with van der Waals surface area (Å²) < 4.78 is 12.1. The van der Waals surface area contributed by atoms with Crippen molar-refractivity contribution in [2.45, 2.75) is 6.54 Å². The zero-order valence-electron chi connectivity index (χ0n) is 12.6. The molecule has 0 aliphatic carbocycles. The molecule has 4 rings (SSSR count). The van der Waals surface area contributed by atoms with Gasteiger partial charge in [-0.3, -0.25) is 4.79 Å². The number of aromatic nitrogens is 2. The summed E-state index contributed by atoms with van der Waals surface area (Å²) in [6.45, 7) is 0.537. The Bertz CT molecular complexity index is 968. The van der Waals surface area contributed by atoms with Crippen LogP contribution in [0.4, 0.5) is 0 Å². The molecule has 1 aliphatic heterocycles. The molecule has 24 heavy (non-hydrogen) atoms. The Balaban J connectivity index is 1.71. The molecule has 0 fully saturated rings. The Morgan fingerprint density at radius 2 is 1.88 bits per heavy atom. The highest BCUT2D eigenvalue weighted by Gasteiger charge is 2.15. The van der Waals surface area contributed by atoms with Crippen molar-refractivity contribution in [1.82, 2.24) is 9.78 Å². The Kier molecular flexibility index (Phi) is 3.70. The molecule has 0 radical (unpaired) electrons. The van der Waals surface area contributed by atoms with Gasteiger partial charge in [0.2, 0.25) is 6.79 Å². The maximum atomic E-state index is 12.1. The summed E-state index contributed by atoms with van der Waals surface area (Å²) in [6.07, 6.45) is 0. The first-order valence-electron chi connectivity index (χ1n) is 7.42. The third-order valence-corrected chi connectivity index (χ3v) is 4.18. The fraction of sp³-hybridized carbons (Fsp3) is 0.111. The summed E-state index contributed by atoms with van der Waals surface area (Å²) >= 11 is 6.17. The second kappa shape index (κ2) is 6.02. The van der Waals surface area contributed by atoms with E-state index in [0.29, 0.717) is 28.8 Å². The van der Waals surface area contributed by atoms with Crippen LogP contribution in [-0.2, 0) is 6.54 Å². The standard InChI is InChI=1S/C18H13ClN2O3/c19-14-4-2-1-3-13(14)10-21-18(22)8-6-15(20-21)12-5-7-16-17(9-12)24-11-23-16/h1-9H,10-11H2. The molecule has 120 valence electrons. The molecule has 1 aliphatic rings. The van der Waals surface area contributed by atoms with Crippen molar-refractivity contribution in [3.63, 3.8) is 0 Å². The highest BCUT2D eigenvalue weighted by molar-refractivity contribution is 6.31. The number of hydrogen-bond donors (Lipinski definition) is 0. The van der Waals surface area contributed by atoms with Crippen molar-refractivity contribution >= 4 is 11.6 Å². The van der Waals surface area contributed by atoms with Gasteiger partial charge >= 0.3 is 0 Å². The molecule has 1 aromatic heterocycles. The van der Waals surface area contributed by atoms with Crippen molar-refractivity contribution in [2.75, 3.05) is 6.79 Å². The van der Waals surface area contributed by atoms with E-state index in [9.17, 15) is 4.79 Å². The van der Waals surface area contributed by atoms with E-state index in [-0.39, 0.29) is 12.4 Å². The predicted octanol–water partition coefficient (Wildman–Crippen LogP) is 3.34. The highest BCUT2D eigenvalue weighted by atomic mass is 35.5. The van der Waals surface area contributed by atoms with Crippen LogP contribution in [0.15, 0.2) is 59.4 Å². The third-order valence-electron chi connectivity index (χ3n) is 3.81. The lowest BCUT2D eigenvalue weighted by molar-refractivity contribution is 0.174. The van der Waals surface area contributed by atoms with Crippen LogP contribution in [-0.4, -0.2) is 16.6 Å². The summed E-state index contributed by atoms with van der Waals surface area (Å²) in [6, 6.07) is 16.2. The molecule has 0 unspecified atom stereocenters. The fourth-order valence-electron chi connectivity index (χ4n) is 2.56. The Hall–Kier alpha value is -2.79. The minimum atomic E-state index is -0.181. The quantitative estimate of drug-likeness (QED) is 0.733. The van der Waals surface area contributed by atoms with Crippen molar-refractivity contribution in [3.8, 4) is 22.8 Å². The number of nitrogens with zero attached hydrogens (tertiary/aromatic N) is 2. The van der Waals surface area contributed by atoms with E-state index in [1.54, 1.807) is 12.1 Å². The molecular weight excluding hydrogens is 328 g/mol. The number of fused-ring (bicyclic) bond motifs is 1. The van der Waals surface area contributed by atoms with E-state index in [1.165, 1.54) is 10.7 Å². The molecule has 6 heteroatoms. The summed E-state index contributed by atoms with van der Waals surface area (Å²) in [5, 5.41) is 5.06. The van der Waals surface area contributed by atoms with Crippen LogP contribution in [0.2, 0.25) is 5.02 Å². The van der Waals surface area contributed by atoms with Crippen LogP contribution in [0.25, 0.3) is 11.3 Å². The molecule has 3 aromatic rings. The SMILES string of the molecule is O=c1ccc(-c2ccc3c(c2)OCO3)nn1Cc1ccccc1Cl. The summed E-state index contributed by atoms with van der Waals surface area (Å²) in [5.74, 6) is 1.39. The molecule has 0 saturated heterocycles. The van der Waals surface area contributed by atoms with Crippen molar-refractivity contribution in [1.29, 1.82) is 0 Å². The molecule has 0 atom stereocenters. The summed E-state index contributed by atoms with van der Waals surface area (Å²) in [5.41, 5.74) is 2.20. The van der Waals surface area contributed by atoms with Crippen LogP contribution in [0.3, 0.4) is 0 Å². The Labute approximate surface area is 143 Å². The van der Waals surface area contributed by atoms with Gasteiger partial charge in [0.15, 0.2) is 11.5 Å². The zero-order chi connectivity index (χ0) is 16.5. The molecule has 0 saturated carbocycles. The molecule has 2 aromatic carbocycles. The smallest absolute Gasteiger partial charge is 0.267 e. The van der Waals surface area contributed by atoms with E-state index in [1.807, 2.05) is 36.4 Å². The van der Waals surface area contributed by atoms with Crippen molar-refractivity contribution in [3.05, 3.63) is 75.5 Å². The van der Waals surface area contributed by atoms with Gasteiger partial charge in [0, 0.05) is 16.7 Å². The number of rotatable bonds is 3. The second-order valence-electron chi connectivity index (χ2n) is 5.37. The van der Waals surface area contributed by atoms with Gasteiger partial charge in [-0.15, -0.1) is 0 Å². The van der Waals surface area contributed by atoms with E-state index >= 15 is 0 Å². The number of halogens is 1. The topological polar surface area (TPSA) is 53.4 Å². The maximum absolute atomic E-state index is 12.1. The molecule has 2 heterocycles. The van der Waals surface area contributed by atoms with E-state index in [4.69, 9.17) is 21.1 Å². The second-order valence-corrected chi connectivity index (χ2v) is 5.78. The molecule has 0 spiro atoms. The number of hydrogen-bond acceptors (Lipinski definition) is 4. The lowest BCUT2D eigenvalue weighted by Gasteiger charge is -2.09. The summed E-state index contributed by atoms with van der Waals surface area (Å²) in [7, 11) is 0. The fourth-order valence-corrected chi connectivity index (χ4v) is 2.76. The van der Waals surface area contributed by atoms with Gasteiger partial charge in [-0.1, -0.05) is 29.8 Å². The van der Waals surface area contributed by atoms with Crippen LogP contribution in [0.5, 0.6) is 11.5 Å². The molecular formula is C18H13ClN2O3. The molecule has 5 nitrogen and oxygen atoms in total. The van der Waals surface area contributed by atoms with Crippen LogP contribution in [0, 0.1) is 0 Å². The summed E-state index contributed by atoms with van der Waals surface area (Å²) in [4.78, 5) is 12.1. The van der Waals surface area contributed by atoms with Crippen molar-refractivity contribution in [2.24, 2.45) is 0 Å². The molecule has 0 bridgehead atoms. The minimum Gasteiger partial charge on any atom is -0.454 e. The maximum Gasteiger partial charge on any atom is 0.267 e. The Morgan fingerprint density at radius 3 is 2.75 bits per heavy atom. The predicted molar refractivity (Wildman–Crippen MR) is 90.6 cm³/mol. The van der Waals surface area contributed by atoms with Gasteiger partial charge in [-0.05, 0) is 35.9 Å². The van der Waals surface area contributed by atoms with Crippen LogP contribution in [0.1, 0.15) is 5.56 Å². The zero-order valence-corrected chi connectivity index (χ0v) is 13.4. The molecule has 0 N–H and O–H groups in total. The highest BCUT2D eigenvalue weighted by Crippen LogP contribution is 2.35. The minimum absolute atomic E-state index is 0.181. The first-order chi connectivity index (χ1) is 11.7. The van der Waals surface area contributed by atoms with Crippen molar-refractivity contribution < 1.29 is 9.47 Å². The van der Waals surface area contributed by atoms with Gasteiger partial charge < -0.3 is 9.47 Å². The number of benzene rings is 2. The normalized spacial score (nSPS) is 12.4. The monoisotopic (exact) mass is 340 g/mol. The van der Waals surface area contributed by atoms with E-state index < -0.39 is 0 Å². The van der Waals surface area contributed by atoms with E-state index in [2.05, 4.69) is 5.10 Å². The largest absolute Gasteiger partial charge is 0.454 e. The van der Waals surface area contributed by atoms with Gasteiger partial charge in [-0.25, -0.2) is 4.68 Å². The third kappa shape index (κ3) is 2.74. The van der Waals surface area contributed by atoms with Gasteiger partial charge in [0.25, 0.3) is 5.56 Å².